The first-order valence-corrected chi connectivity index (χ1v) is 5.30. The molecule has 2 heterocycles. The smallest absolute Gasteiger partial charge is 0.317 e. The number of aliphatic hydroxyl groups is 1. The van der Waals surface area contributed by atoms with Crippen LogP contribution in [-0.4, -0.2) is 22.2 Å². The highest BCUT2D eigenvalue weighted by atomic mass is 35.5. The van der Waals surface area contributed by atoms with E-state index in [2.05, 4.69) is 9.97 Å². The molecule has 0 saturated heterocycles. The first kappa shape index (κ1) is 11.9. The molecule has 2 rings (SSSR count). The monoisotopic (exact) mass is 254 g/mol. The Balaban J connectivity index is 2.45. The Morgan fingerprint density at radius 2 is 2.24 bits per heavy atom. The van der Waals surface area contributed by atoms with Gasteiger partial charge in [-0.05, 0) is 19.1 Å². The van der Waals surface area contributed by atoms with Gasteiger partial charge in [-0.3, -0.25) is 0 Å². The van der Waals surface area contributed by atoms with Crippen LogP contribution in [0.5, 0.6) is 6.01 Å². The van der Waals surface area contributed by atoms with Crippen molar-refractivity contribution in [3.63, 3.8) is 0 Å². The molecule has 2 aromatic rings. The Morgan fingerprint density at radius 3 is 2.76 bits per heavy atom. The molecule has 0 amide bonds. The number of halogens is 1. The Morgan fingerprint density at radius 1 is 1.47 bits per heavy atom. The summed E-state index contributed by atoms with van der Waals surface area (Å²) >= 11 is 5.99. The summed E-state index contributed by atoms with van der Waals surface area (Å²) in [4.78, 5) is 7.98. The molecule has 0 aromatic carbocycles. The molecule has 6 heteroatoms. The molecule has 0 radical (unpaired) electrons. The van der Waals surface area contributed by atoms with E-state index in [0.717, 1.165) is 0 Å². The van der Waals surface area contributed by atoms with Gasteiger partial charge in [-0.2, -0.15) is 4.98 Å². The average Bonchev–Trinajstić information content (AvgIpc) is 2.81. The summed E-state index contributed by atoms with van der Waals surface area (Å²) in [7, 11) is 1.45. The summed E-state index contributed by atoms with van der Waals surface area (Å²) in [6.45, 7) is 1.72. The van der Waals surface area contributed by atoms with Gasteiger partial charge in [-0.15, -0.1) is 0 Å². The van der Waals surface area contributed by atoms with Gasteiger partial charge in [0.1, 0.15) is 17.0 Å². The number of aromatic nitrogens is 2. The number of hydrogen-bond acceptors (Lipinski definition) is 5. The standard InChI is InChI=1S/C11H11ClN2O3/c1-6-8(9(15)7-4-3-5-17-7)10(12)14-11(13-6)16-2/h3-5,9,15H,1-2H3/t9-/m0/s1. The van der Waals surface area contributed by atoms with Crippen LogP contribution in [0.25, 0.3) is 0 Å². The maximum Gasteiger partial charge on any atom is 0.317 e. The zero-order chi connectivity index (χ0) is 12.4. The van der Waals surface area contributed by atoms with Crippen LogP contribution in [0.15, 0.2) is 22.8 Å². The number of hydrogen-bond donors (Lipinski definition) is 1. The van der Waals surface area contributed by atoms with Gasteiger partial charge in [-0.25, -0.2) is 4.98 Å². The Kier molecular flexibility index (Phi) is 3.31. The van der Waals surface area contributed by atoms with Crippen molar-refractivity contribution in [3.8, 4) is 6.01 Å². The van der Waals surface area contributed by atoms with E-state index >= 15 is 0 Å². The number of aliphatic hydroxyl groups excluding tert-OH is 1. The minimum atomic E-state index is -0.983. The van der Waals surface area contributed by atoms with Crippen molar-refractivity contribution in [1.29, 1.82) is 0 Å². The summed E-state index contributed by atoms with van der Waals surface area (Å²) in [5, 5.41) is 10.3. The van der Waals surface area contributed by atoms with Crippen LogP contribution < -0.4 is 4.74 Å². The van der Waals surface area contributed by atoms with E-state index in [1.54, 1.807) is 19.1 Å². The van der Waals surface area contributed by atoms with Crippen LogP contribution in [0.4, 0.5) is 0 Å². The van der Waals surface area contributed by atoms with Crippen LogP contribution in [0.3, 0.4) is 0 Å². The molecule has 0 fully saturated rings. The van der Waals surface area contributed by atoms with E-state index in [9.17, 15) is 5.11 Å². The lowest BCUT2D eigenvalue weighted by molar-refractivity contribution is 0.187. The maximum absolute atomic E-state index is 10.1. The van der Waals surface area contributed by atoms with Crippen LogP contribution in [0, 0.1) is 6.92 Å². The van der Waals surface area contributed by atoms with Crippen molar-refractivity contribution in [1.82, 2.24) is 9.97 Å². The summed E-state index contributed by atoms with van der Waals surface area (Å²) in [6, 6.07) is 3.51. The topological polar surface area (TPSA) is 68.4 Å². The lowest BCUT2D eigenvalue weighted by Crippen LogP contribution is -2.06. The van der Waals surface area contributed by atoms with Gasteiger partial charge in [0, 0.05) is 5.56 Å². The normalized spacial score (nSPS) is 12.5. The van der Waals surface area contributed by atoms with Gasteiger partial charge in [0.15, 0.2) is 0 Å². The molecule has 0 unspecified atom stereocenters. The van der Waals surface area contributed by atoms with Crippen molar-refractivity contribution in [2.45, 2.75) is 13.0 Å². The SMILES string of the molecule is COc1nc(C)c([C@@H](O)c2ccco2)c(Cl)n1. The largest absolute Gasteiger partial charge is 0.467 e. The van der Waals surface area contributed by atoms with E-state index in [4.69, 9.17) is 20.8 Å². The zero-order valence-corrected chi connectivity index (χ0v) is 10.1. The average molecular weight is 255 g/mol. The van der Waals surface area contributed by atoms with Crippen LogP contribution in [-0.2, 0) is 0 Å². The quantitative estimate of drug-likeness (QED) is 0.850. The van der Waals surface area contributed by atoms with Crippen molar-refractivity contribution >= 4 is 11.6 Å². The fourth-order valence-electron chi connectivity index (χ4n) is 1.51. The second-order valence-corrected chi connectivity index (χ2v) is 3.78. The number of furan rings is 1. The Bertz CT molecular complexity index is 490. The first-order chi connectivity index (χ1) is 8.13. The molecule has 90 valence electrons. The number of aryl methyl sites for hydroxylation is 1. The third-order valence-electron chi connectivity index (χ3n) is 2.34. The maximum atomic E-state index is 10.1. The molecule has 0 aliphatic heterocycles. The Hall–Kier alpha value is -1.59. The van der Waals surface area contributed by atoms with Gasteiger partial charge in [0.25, 0.3) is 0 Å². The van der Waals surface area contributed by atoms with Crippen LogP contribution in [0.2, 0.25) is 5.15 Å². The predicted molar refractivity (Wildman–Crippen MR) is 61.1 cm³/mol. The lowest BCUT2D eigenvalue weighted by Gasteiger charge is -2.12. The van der Waals surface area contributed by atoms with Gasteiger partial charge < -0.3 is 14.3 Å². The van der Waals surface area contributed by atoms with E-state index in [0.29, 0.717) is 17.0 Å². The van der Waals surface area contributed by atoms with Gasteiger partial charge in [0.05, 0.1) is 19.1 Å². The van der Waals surface area contributed by atoms with E-state index < -0.39 is 6.10 Å². The van der Waals surface area contributed by atoms with Crippen molar-refractivity contribution in [2.75, 3.05) is 7.11 Å². The van der Waals surface area contributed by atoms with Gasteiger partial charge in [-0.1, -0.05) is 11.6 Å². The molecule has 5 nitrogen and oxygen atoms in total. The van der Waals surface area contributed by atoms with Crippen molar-refractivity contribution < 1.29 is 14.3 Å². The molecule has 0 spiro atoms. The summed E-state index contributed by atoms with van der Waals surface area (Å²) < 4.78 is 10.0. The molecular formula is C11H11ClN2O3. The van der Waals surface area contributed by atoms with Crippen LogP contribution >= 0.6 is 11.6 Å². The molecule has 0 bridgehead atoms. The molecular weight excluding hydrogens is 244 g/mol. The first-order valence-electron chi connectivity index (χ1n) is 4.93. The highest BCUT2D eigenvalue weighted by molar-refractivity contribution is 6.30. The molecule has 1 N–H and O–H groups in total. The third kappa shape index (κ3) is 2.25. The number of rotatable bonds is 3. The van der Waals surface area contributed by atoms with Crippen LogP contribution in [0.1, 0.15) is 23.1 Å². The van der Waals surface area contributed by atoms with Gasteiger partial charge >= 0.3 is 6.01 Å². The van der Waals surface area contributed by atoms with Crippen molar-refractivity contribution in [3.05, 3.63) is 40.6 Å². The van der Waals surface area contributed by atoms with E-state index in [-0.39, 0.29) is 11.2 Å². The molecule has 0 saturated carbocycles. The highest BCUT2D eigenvalue weighted by Crippen LogP contribution is 2.30. The second kappa shape index (κ2) is 4.73. The molecule has 1 atom stereocenters. The highest BCUT2D eigenvalue weighted by Gasteiger charge is 2.21. The summed E-state index contributed by atoms with van der Waals surface area (Å²) in [5.41, 5.74) is 0.966. The molecule has 0 aliphatic carbocycles. The van der Waals surface area contributed by atoms with Crippen molar-refractivity contribution in [2.24, 2.45) is 0 Å². The third-order valence-corrected chi connectivity index (χ3v) is 2.63. The molecule has 0 aliphatic rings. The predicted octanol–water partition coefficient (Wildman–Crippen LogP) is 2.12. The van der Waals surface area contributed by atoms with E-state index in [1.165, 1.54) is 13.4 Å². The fourth-order valence-corrected chi connectivity index (χ4v) is 1.83. The van der Waals surface area contributed by atoms with E-state index in [1.807, 2.05) is 0 Å². The molecule has 2 aromatic heterocycles. The number of ether oxygens (including phenoxy) is 1. The number of methoxy groups -OCH3 is 1. The number of nitrogens with zero attached hydrogens (tertiary/aromatic N) is 2. The molecule has 17 heavy (non-hydrogen) atoms. The fraction of sp³-hybridized carbons (Fsp3) is 0.273. The minimum Gasteiger partial charge on any atom is -0.467 e. The summed E-state index contributed by atoms with van der Waals surface area (Å²) in [5.74, 6) is 0.392. The Labute approximate surface area is 103 Å². The minimum absolute atomic E-state index is 0.151. The van der Waals surface area contributed by atoms with Gasteiger partial charge in [0.2, 0.25) is 0 Å². The summed E-state index contributed by atoms with van der Waals surface area (Å²) in [6.07, 6.45) is 0.495. The lowest BCUT2D eigenvalue weighted by atomic mass is 10.1. The second-order valence-electron chi connectivity index (χ2n) is 3.42. The zero-order valence-electron chi connectivity index (χ0n) is 9.35.